The molecule has 0 aromatic heterocycles. The molecule has 17 heavy (non-hydrogen) atoms. The van der Waals surface area contributed by atoms with E-state index in [2.05, 4.69) is 37.8 Å². The highest BCUT2D eigenvalue weighted by Crippen LogP contribution is 2.14. The summed E-state index contributed by atoms with van der Waals surface area (Å²) in [6, 6.07) is 6.24. The molecule has 1 aromatic rings. The van der Waals surface area contributed by atoms with Gasteiger partial charge in [-0.15, -0.1) is 0 Å². The first-order chi connectivity index (χ1) is 8.08. The van der Waals surface area contributed by atoms with Crippen LogP contribution in [0.25, 0.3) is 0 Å². The summed E-state index contributed by atoms with van der Waals surface area (Å²) >= 11 is 4.98. The fourth-order valence-corrected chi connectivity index (χ4v) is 2.06. The van der Waals surface area contributed by atoms with Gasteiger partial charge in [0, 0.05) is 12.1 Å². The van der Waals surface area contributed by atoms with Gasteiger partial charge in [0.05, 0.1) is 0 Å². The van der Waals surface area contributed by atoms with E-state index >= 15 is 0 Å². The molecule has 0 amide bonds. The lowest BCUT2D eigenvalue weighted by Crippen LogP contribution is -2.24. The standard InChI is InChI=1S/C14H22N2S/c1-4-8-16(5-2)10-13-7-6-12(14(15)17)9-11(13)3/h6-7,9H,4-5,8,10H2,1-3H3,(H2,15,17). The zero-order valence-electron chi connectivity index (χ0n) is 11.0. The molecule has 0 bridgehead atoms. The number of thiocarbonyl (C=S) groups is 1. The predicted molar refractivity (Wildman–Crippen MR) is 78.3 cm³/mol. The van der Waals surface area contributed by atoms with Gasteiger partial charge in [0.15, 0.2) is 0 Å². The molecule has 0 aliphatic heterocycles. The minimum absolute atomic E-state index is 0.473. The van der Waals surface area contributed by atoms with E-state index in [0.29, 0.717) is 4.99 Å². The van der Waals surface area contributed by atoms with E-state index in [0.717, 1.165) is 25.2 Å². The lowest BCUT2D eigenvalue weighted by Gasteiger charge is -2.21. The topological polar surface area (TPSA) is 29.3 Å². The number of aryl methyl sites for hydroxylation is 1. The van der Waals surface area contributed by atoms with Crippen LogP contribution in [-0.4, -0.2) is 23.0 Å². The van der Waals surface area contributed by atoms with Crippen molar-refractivity contribution < 1.29 is 0 Å². The minimum Gasteiger partial charge on any atom is -0.389 e. The number of hydrogen-bond acceptors (Lipinski definition) is 2. The Morgan fingerprint density at radius 1 is 1.35 bits per heavy atom. The van der Waals surface area contributed by atoms with Gasteiger partial charge in [-0.2, -0.15) is 0 Å². The predicted octanol–water partition coefficient (Wildman–Crippen LogP) is 2.86. The Kier molecular flexibility index (Phi) is 5.59. The molecule has 1 aromatic carbocycles. The molecule has 0 fully saturated rings. The van der Waals surface area contributed by atoms with Gasteiger partial charge < -0.3 is 5.73 Å². The SMILES string of the molecule is CCCN(CC)Cc1ccc(C(N)=S)cc1C. The number of nitrogens with two attached hydrogens (primary N) is 1. The molecule has 1 rings (SSSR count). The number of benzene rings is 1. The Hall–Kier alpha value is -0.930. The fraction of sp³-hybridized carbons (Fsp3) is 0.500. The molecule has 0 saturated carbocycles. The quantitative estimate of drug-likeness (QED) is 0.787. The van der Waals surface area contributed by atoms with E-state index in [1.807, 2.05) is 6.07 Å². The van der Waals surface area contributed by atoms with E-state index in [4.69, 9.17) is 18.0 Å². The van der Waals surface area contributed by atoms with Gasteiger partial charge >= 0.3 is 0 Å². The lowest BCUT2D eigenvalue weighted by molar-refractivity contribution is 0.280. The molecule has 0 aliphatic rings. The van der Waals surface area contributed by atoms with Crippen LogP contribution >= 0.6 is 12.2 Å². The maximum Gasteiger partial charge on any atom is 0.103 e. The zero-order chi connectivity index (χ0) is 12.8. The first-order valence-corrected chi connectivity index (χ1v) is 6.61. The second kappa shape index (κ2) is 6.72. The van der Waals surface area contributed by atoms with Gasteiger partial charge in [0.2, 0.25) is 0 Å². The summed E-state index contributed by atoms with van der Waals surface area (Å²) in [4.78, 5) is 2.92. The Balaban J connectivity index is 2.81. The summed E-state index contributed by atoms with van der Waals surface area (Å²) in [5.41, 5.74) is 9.22. The number of rotatable bonds is 6. The van der Waals surface area contributed by atoms with Crippen molar-refractivity contribution in [1.29, 1.82) is 0 Å². The third-order valence-corrected chi connectivity index (χ3v) is 3.24. The van der Waals surface area contributed by atoms with Crippen molar-refractivity contribution in [3.63, 3.8) is 0 Å². The maximum absolute atomic E-state index is 5.63. The van der Waals surface area contributed by atoms with Gasteiger partial charge in [-0.1, -0.05) is 38.2 Å². The van der Waals surface area contributed by atoms with Crippen LogP contribution in [0.3, 0.4) is 0 Å². The number of hydrogen-bond donors (Lipinski definition) is 1. The van der Waals surface area contributed by atoms with Crippen molar-refractivity contribution in [2.45, 2.75) is 33.7 Å². The van der Waals surface area contributed by atoms with E-state index in [9.17, 15) is 0 Å². The third kappa shape index (κ3) is 4.10. The molecule has 2 N–H and O–H groups in total. The zero-order valence-corrected chi connectivity index (χ0v) is 11.8. The van der Waals surface area contributed by atoms with Crippen molar-refractivity contribution in [1.82, 2.24) is 4.90 Å². The van der Waals surface area contributed by atoms with Gasteiger partial charge in [-0.25, -0.2) is 0 Å². The fourth-order valence-electron chi connectivity index (χ4n) is 1.93. The normalized spacial score (nSPS) is 10.8. The largest absolute Gasteiger partial charge is 0.389 e. The van der Waals surface area contributed by atoms with Crippen LogP contribution in [0.1, 0.15) is 37.0 Å². The van der Waals surface area contributed by atoms with Gasteiger partial charge in [-0.05, 0) is 43.6 Å². The summed E-state index contributed by atoms with van der Waals surface area (Å²) in [7, 11) is 0. The summed E-state index contributed by atoms with van der Waals surface area (Å²) < 4.78 is 0. The molecule has 0 radical (unpaired) electrons. The first kappa shape index (κ1) is 14.1. The molecule has 0 atom stereocenters. The van der Waals surface area contributed by atoms with Gasteiger partial charge in [0.1, 0.15) is 4.99 Å². The highest BCUT2D eigenvalue weighted by atomic mass is 32.1. The smallest absolute Gasteiger partial charge is 0.103 e. The molecular weight excluding hydrogens is 228 g/mol. The third-order valence-electron chi connectivity index (χ3n) is 3.01. The summed E-state index contributed by atoms with van der Waals surface area (Å²) in [6.45, 7) is 9.78. The maximum atomic E-state index is 5.63. The van der Waals surface area contributed by atoms with E-state index in [-0.39, 0.29) is 0 Å². The molecule has 2 nitrogen and oxygen atoms in total. The van der Waals surface area contributed by atoms with Crippen LogP contribution in [0.15, 0.2) is 18.2 Å². The summed E-state index contributed by atoms with van der Waals surface area (Å²) in [5.74, 6) is 0. The van der Waals surface area contributed by atoms with E-state index < -0.39 is 0 Å². The molecule has 94 valence electrons. The molecular formula is C14H22N2S. The van der Waals surface area contributed by atoms with Gasteiger partial charge in [-0.3, -0.25) is 4.90 Å². The summed E-state index contributed by atoms with van der Waals surface area (Å²) in [6.07, 6.45) is 1.19. The Bertz CT molecular complexity index is 388. The minimum atomic E-state index is 0.473. The van der Waals surface area contributed by atoms with Crippen LogP contribution < -0.4 is 5.73 Å². The first-order valence-electron chi connectivity index (χ1n) is 6.20. The monoisotopic (exact) mass is 250 g/mol. The van der Waals surface area contributed by atoms with Crippen LogP contribution in [0.4, 0.5) is 0 Å². The molecule has 3 heteroatoms. The van der Waals surface area contributed by atoms with Crippen molar-refractivity contribution >= 4 is 17.2 Å². The Morgan fingerprint density at radius 2 is 2.06 bits per heavy atom. The second-order valence-corrected chi connectivity index (χ2v) is 4.81. The van der Waals surface area contributed by atoms with Crippen LogP contribution in [0.5, 0.6) is 0 Å². The van der Waals surface area contributed by atoms with Crippen molar-refractivity contribution in [2.75, 3.05) is 13.1 Å². The van der Waals surface area contributed by atoms with Crippen LogP contribution in [0, 0.1) is 6.92 Å². The molecule has 0 aliphatic carbocycles. The average molecular weight is 250 g/mol. The molecule has 0 spiro atoms. The van der Waals surface area contributed by atoms with Crippen LogP contribution in [0.2, 0.25) is 0 Å². The molecule has 0 unspecified atom stereocenters. The van der Waals surface area contributed by atoms with Crippen molar-refractivity contribution in [3.05, 3.63) is 34.9 Å². The molecule has 0 heterocycles. The Morgan fingerprint density at radius 3 is 2.53 bits per heavy atom. The Labute approximate surface area is 110 Å². The van der Waals surface area contributed by atoms with Gasteiger partial charge in [0.25, 0.3) is 0 Å². The highest BCUT2D eigenvalue weighted by Gasteiger charge is 2.06. The average Bonchev–Trinajstić information content (AvgIpc) is 2.30. The van der Waals surface area contributed by atoms with E-state index in [1.54, 1.807) is 0 Å². The molecule has 0 saturated heterocycles. The lowest BCUT2D eigenvalue weighted by atomic mass is 10.0. The second-order valence-electron chi connectivity index (χ2n) is 4.37. The van der Waals surface area contributed by atoms with Crippen molar-refractivity contribution in [3.8, 4) is 0 Å². The van der Waals surface area contributed by atoms with Crippen molar-refractivity contribution in [2.24, 2.45) is 5.73 Å². The summed E-state index contributed by atoms with van der Waals surface area (Å²) in [5, 5.41) is 0. The number of nitrogens with zero attached hydrogens (tertiary/aromatic N) is 1. The highest BCUT2D eigenvalue weighted by molar-refractivity contribution is 7.80. The van der Waals surface area contributed by atoms with E-state index in [1.165, 1.54) is 17.5 Å². The van der Waals surface area contributed by atoms with Crippen LogP contribution in [-0.2, 0) is 6.54 Å².